The third kappa shape index (κ3) is 3.96. The summed E-state index contributed by atoms with van der Waals surface area (Å²) in [6.45, 7) is 1.93. The number of aliphatic hydroxyl groups is 1. The van der Waals surface area contributed by atoms with Crippen LogP contribution in [0.4, 0.5) is 5.69 Å². The van der Waals surface area contributed by atoms with Crippen LogP contribution in [0.3, 0.4) is 0 Å². The Bertz CT molecular complexity index is 1050. The van der Waals surface area contributed by atoms with Crippen LogP contribution >= 0.6 is 0 Å². The van der Waals surface area contributed by atoms with E-state index in [-0.39, 0.29) is 11.9 Å². The van der Waals surface area contributed by atoms with E-state index in [0.29, 0.717) is 5.96 Å². The van der Waals surface area contributed by atoms with Crippen LogP contribution in [0.2, 0.25) is 0 Å². The summed E-state index contributed by atoms with van der Waals surface area (Å²) in [5.74, 6) is 0.332. The molecule has 1 atom stereocenters. The van der Waals surface area contributed by atoms with Gasteiger partial charge in [0.25, 0.3) is 5.96 Å². The summed E-state index contributed by atoms with van der Waals surface area (Å²) in [5.41, 5.74) is 4.75. The summed E-state index contributed by atoms with van der Waals surface area (Å²) in [6, 6.07) is 17.9. The number of fused-ring (bicyclic) bond motifs is 1. The van der Waals surface area contributed by atoms with E-state index in [1.54, 1.807) is 11.1 Å². The average Bonchev–Trinajstić information content (AvgIpc) is 2.73. The van der Waals surface area contributed by atoms with Gasteiger partial charge in [0.1, 0.15) is 6.04 Å². The van der Waals surface area contributed by atoms with Crippen LogP contribution in [0, 0.1) is 0 Å². The highest BCUT2D eigenvalue weighted by Gasteiger charge is 2.30. The molecular weight excluding hydrogens is 362 g/mol. The summed E-state index contributed by atoms with van der Waals surface area (Å²) >= 11 is 0. The van der Waals surface area contributed by atoms with Gasteiger partial charge in [-0.3, -0.25) is 0 Å². The predicted octanol–water partition coefficient (Wildman–Crippen LogP) is 4.41. The number of hydrogen-bond acceptors (Lipinski definition) is 6. The predicted molar refractivity (Wildman–Crippen MR) is 120 cm³/mol. The summed E-state index contributed by atoms with van der Waals surface area (Å²) in [6.07, 6.45) is 5.61. The summed E-state index contributed by atoms with van der Waals surface area (Å²) in [7, 11) is 4.04. The van der Waals surface area contributed by atoms with Crippen molar-refractivity contribution in [2.75, 3.05) is 19.0 Å². The topological polar surface area (TPSA) is 63.8 Å². The van der Waals surface area contributed by atoms with E-state index in [2.05, 4.69) is 39.2 Å². The Morgan fingerprint density at radius 1 is 0.966 bits per heavy atom. The normalized spacial score (nSPS) is 18.6. The smallest absolute Gasteiger partial charge is 0.251 e. The van der Waals surface area contributed by atoms with Crippen LogP contribution in [0.1, 0.15) is 24.1 Å². The minimum Gasteiger partial charge on any atom is -0.493 e. The van der Waals surface area contributed by atoms with Gasteiger partial charge in [0.2, 0.25) is 5.88 Å². The molecule has 0 radical (unpaired) electrons. The monoisotopic (exact) mass is 385 g/mol. The first-order valence-corrected chi connectivity index (χ1v) is 9.44. The fraction of sp³-hybridized carbons (Fsp3) is 0.174. The van der Waals surface area contributed by atoms with E-state index in [4.69, 9.17) is 5.10 Å². The Morgan fingerprint density at radius 2 is 1.69 bits per heavy atom. The number of hydrogen-bond donors (Lipinski definition) is 1. The second kappa shape index (κ2) is 7.75. The quantitative estimate of drug-likeness (QED) is 0.848. The number of hydrazone groups is 1. The van der Waals surface area contributed by atoms with Crippen LogP contribution in [0.25, 0.3) is 6.08 Å². The third-order valence-electron chi connectivity index (χ3n) is 4.82. The van der Waals surface area contributed by atoms with E-state index >= 15 is 0 Å². The highest BCUT2D eigenvalue weighted by Crippen LogP contribution is 2.30. The first-order chi connectivity index (χ1) is 14.0. The Labute approximate surface area is 170 Å². The highest BCUT2D eigenvalue weighted by atomic mass is 16.3. The van der Waals surface area contributed by atoms with Crippen molar-refractivity contribution in [2.24, 2.45) is 15.1 Å². The van der Waals surface area contributed by atoms with Gasteiger partial charge in [-0.2, -0.15) is 10.1 Å². The van der Waals surface area contributed by atoms with Crippen LogP contribution in [-0.2, 0) is 0 Å². The molecule has 2 aliphatic rings. The fourth-order valence-electron chi connectivity index (χ4n) is 3.22. The zero-order chi connectivity index (χ0) is 20.4. The lowest BCUT2D eigenvalue weighted by molar-refractivity contribution is 0.329. The molecule has 1 N–H and O–H groups in total. The molecule has 0 fully saturated rings. The fourth-order valence-corrected chi connectivity index (χ4v) is 3.22. The number of anilines is 1. The number of allylic oxidation sites excluding steroid dienone is 1. The molecule has 2 heterocycles. The molecule has 1 unspecified atom stereocenters. The van der Waals surface area contributed by atoms with Gasteiger partial charge in [0.15, 0.2) is 0 Å². The second-order valence-electron chi connectivity index (χ2n) is 7.14. The number of nitrogens with zero attached hydrogens (tertiary/aromatic N) is 5. The molecule has 0 amide bonds. The van der Waals surface area contributed by atoms with Crippen LogP contribution < -0.4 is 4.90 Å². The van der Waals surface area contributed by atoms with Crippen LogP contribution in [0.15, 0.2) is 87.7 Å². The van der Waals surface area contributed by atoms with Crippen molar-refractivity contribution in [3.63, 3.8) is 0 Å². The number of rotatable bonds is 4. The standard InChI is InChI=1S/C23H23N5O/c1-16-20(14-11-17-9-12-19(13-10-17)27(2)3)24-23-25-22(29)15-21(28(23)26-16)18-7-5-4-6-8-18/h4-15,21,29H,1-3H3. The largest absolute Gasteiger partial charge is 0.493 e. The van der Waals surface area contributed by atoms with Crippen molar-refractivity contribution < 1.29 is 5.11 Å². The molecule has 146 valence electrons. The Hall–Kier alpha value is -3.67. The molecule has 29 heavy (non-hydrogen) atoms. The number of aliphatic hydroxyl groups excluding tert-OH is 1. The third-order valence-corrected chi connectivity index (χ3v) is 4.82. The number of benzene rings is 2. The average molecular weight is 385 g/mol. The molecule has 2 aromatic carbocycles. The maximum Gasteiger partial charge on any atom is 0.251 e. The first-order valence-electron chi connectivity index (χ1n) is 9.44. The maximum absolute atomic E-state index is 10.1. The van der Waals surface area contributed by atoms with Crippen molar-refractivity contribution in [2.45, 2.75) is 13.0 Å². The van der Waals surface area contributed by atoms with E-state index in [1.165, 1.54) is 0 Å². The van der Waals surface area contributed by atoms with Crippen LogP contribution in [0.5, 0.6) is 0 Å². The Kier molecular flexibility index (Phi) is 4.99. The van der Waals surface area contributed by atoms with E-state index in [1.807, 2.05) is 63.5 Å². The number of aliphatic imine (C=N–C) groups is 2. The zero-order valence-corrected chi connectivity index (χ0v) is 16.7. The molecule has 6 heteroatoms. The van der Waals surface area contributed by atoms with Crippen LogP contribution in [-0.4, -0.2) is 41.6 Å². The molecule has 0 saturated heterocycles. The van der Waals surface area contributed by atoms with Gasteiger partial charge >= 0.3 is 0 Å². The molecule has 0 aliphatic carbocycles. The van der Waals surface area contributed by atoms with E-state index in [9.17, 15) is 5.11 Å². The maximum atomic E-state index is 10.1. The Balaban J connectivity index is 1.60. The summed E-state index contributed by atoms with van der Waals surface area (Å²) < 4.78 is 0. The van der Waals surface area contributed by atoms with Gasteiger partial charge in [0, 0.05) is 25.9 Å². The molecule has 0 aromatic heterocycles. The molecular formula is C23H23N5O. The van der Waals surface area contributed by atoms with E-state index in [0.717, 1.165) is 28.2 Å². The SMILES string of the molecule is CC1=NN2C(=NC(O)=CC2c2ccccc2)N=C1C=Cc1ccc(N(C)C)cc1. The molecule has 0 saturated carbocycles. The van der Waals surface area contributed by atoms with E-state index < -0.39 is 0 Å². The van der Waals surface area contributed by atoms with Crippen molar-refractivity contribution in [3.05, 3.63) is 83.8 Å². The van der Waals surface area contributed by atoms with Gasteiger partial charge in [0.05, 0.1) is 11.4 Å². The minimum absolute atomic E-state index is 0.0498. The molecule has 0 spiro atoms. The lowest BCUT2D eigenvalue weighted by Gasteiger charge is -2.31. The van der Waals surface area contributed by atoms with Gasteiger partial charge in [-0.05, 0) is 36.3 Å². The van der Waals surface area contributed by atoms with Crippen molar-refractivity contribution in [1.82, 2.24) is 5.01 Å². The zero-order valence-electron chi connectivity index (χ0n) is 16.7. The highest BCUT2D eigenvalue weighted by molar-refractivity contribution is 6.48. The minimum atomic E-state index is -0.244. The molecule has 4 rings (SSSR count). The number of guanidine groups is 1. The molecule has 0 bridgehead atoms. The van der Waals surface area contributed by atoms with Crippen molar-refractivity contribution in [3.8, 4) is 0 Å². The first kappa shape index (κ1) is 18.7. The van der Waals surface area contributed by atoms with Crippen molar-refractivity contribution >= 4 is 29.1 Å². The second-order valence-corrected chi connectivity index (χ2v) is 7.14. The van der Waals surface area contributed by atoms with Gasteiger partial charge < -0.3 is 10.0 Å². The lowest BCUT2D eigenvalue weighted by Crippen LogP contribution is -2.37. The Morgan fingerprint density at radius 3 is 2.38 bits per heavy atom. The summed E-state index contributed by atoms with van der Waals surface area (Å²) in [4.78, 5) is 10.9. The van der Waals surface area contributed by atoms with Gasteiger partial charge in [-0.15, -0.1) is 0 Å². The van der Waals surface area contributed by atoms with Crippen molar-refractivity contribution in [1.29, 1.82) is 0 Å². The van der Waals surface area contributed by atoms with Gasteiger partial charge in [-0.25, -0.2) is 10.0 Å². The lowest BCUT2D eigenvalue weighted by atomic mass is 10.1. The molecule has 2 aromatic rings. The summed E-state index contributed by atoms with van der Waals surface area (Å²) in [5, 5.41) is 16.6. The van der Waals surface area contributed by atoms with Gasteiger partial charge in [-0.1, -0.05) is 48.5 Å². The molecule has 6 nitrogen and oxygen atoms in total. The molecule has 2 aliphatic heterocycles.